The van der Waals surface area contributed by atoms with E-state index in [1.54, 1.807) is 0 Å². The van der Waals surface area contributed by atoms with Gasteiger partial charge in [0.05, 0.1) is 0 Å². The molecule has 0 fully saturated rings. The van der Waals surface area contributed by atoms with Crippen LogP contribution in [-0.2, 0) is 6.42 Å². The largest absolute Gasteiger partial charge is 0.362 e. The van der Waals surface area contributed by atoms with Crippen LogP contribution >= 0.6 is 23.8 Å². The van der Waals surface area contributed by atoms with Crippen LogP contribution in [0, 0.1) is 11.6 Å². The van der Waals surface area contributed by atoms with Gasteiger partial charge in [0.2, 0.25) is 0 Å². The summed E-state index contributed by atoms with van der Waals surface area (Å²) in [4.78, 5) is 0. The molecule has 0 unspecified atom stereocenters. The molecule has 0 atom stereocenters. The lowest BCUT2D eigenvalue weighted by Gasteiger charge is -2.11. The molecule has 2 aromatic carbocycles. The first kappa shape index (κ1) is 16.6. The molecule has 6 heteroatoms. The van der Waals surface area contributed by atoms with Gasteiger partial charge in [0.1, 0.15) is 17.3 Å². The van der Waals surface area contributed by atoms with Crippen LogP contribution < -0.4 is 10.6 Å². The molecule has 0 amide bonds. The highest BCUT2D eigenvalue weighted by atomic mass is 35.5. The van der Waals surface area contributed by atoms with Gasteiger partial charge in [-0.25, -0.2) is 8.78 Å². The fraction of sp³-hybridized carbons (Fsp3) is 0.188. The summed E-state index contributed by atoms with van der Waals surface area (Å²) in [5.74, 6) is -1.35. The van der Waals surface area contributed by atoms with Crippen molar-refractivity contribution in [2.75, 3.05) is 11.9 Å². The number of rotatable bonds is 5. The molecule has 2 aromatic rings. The summed E-state index contributed by atoms with van der Waals surface area (Å²) < 4.78 is 26.9. The van der Waals surface area contributed by atoms with Crippen molar-refractivity contribution in [3.8, 4) is 0 Å². The van der Waals surface area contributed by atoms with Gasteiger partial charge < -0.3 is 10.6 Å². The number of halogens is 3. The molecule has 0 aliphatic rings. The van der Waals surface area contributed by atoms with Gasteiger partial charge in [0, 0.05) is 11.6 Å². The zero-order valence-corrected chi connectivity index (χ0v) is 13.3. The van der Waals surface area contributed by atoms with Gasteiger partial charge in [-0.05, 0) is 54.9 Å². The fourth-order valence-corrected chi connectivity index (χ4v) is 2.25. The Bertz CT molecular complexity index is 627. The lowest BCUT2D eigenvalue weighted by molar-refractivity contribution is 0.591. The first-order valence-electron chi connectivity index (χ1n) is 6.79. The highest BCUT2D eigenvalue weighted by Crippen LogP contribution is 2.17. The summed E-state index contributed by atoms with van der Waals surface area (Å²) in [6.07, 6.45) is 1.70. The number of para-hydroxylation sites is 1. The molecule has 0 spiro atoms. The molecule has 2 N–H and O–H groups in total. The molecule has 2 nitrogen and oxygen atoms in total. The third-order valence-electron chi connectivity index (χ3n) is 3.04. The minimum Gasteiger partial charge on any atom is -0.362 e. The Balaban J connectivity index is 1.75. The second kappa shape index (κ2) is 8.06. The van der Waals surface area contributed by atoms with Crippen LogP contribution in [0.2, 0.25) is 5.02 Å². The SMILES string of the molecule is Fc1cccc(F)c1NC(=S)NCCCc1ccc(Cl)cc1. The van der Waals surface area contributed by atoms with Crippen molar-refractivity contribution in [1.29, 1.82) is 0 Å². The van der Waals surface area contributed by atoms with Crippen LogP contribution in [-0.4, -0.2) is 11.7 Å². The first-order valence-corrected chi connectivity index (χ1v) is 7.58. The minimum absolute atomic E-state index is 0.195. The van der Waals surface area contributed by atoms with Crippen molar-refractivity contribution in [3.63, 3.8) is 0 Å². The molecule has 0 heterocycles. The summed E-state index contributed by atoms with van der Waals surface area (Å²) in [5, 5.41) is 6.37. The van der Waals surface area contributed by atoms with Gasteiger partial charge in [-0.15, -0.1) is 0 Å². The van der Waals surface area contributed by atoms with Crippen LogP contribution in [0.1, 0.15) is 12.0 Å². The predicted molar refractivity (Wildman–Crippen MR) is 90.4 cm³/mol. The third kappa shape index (κ3) is 4.93. The van der Waals surface area contributed by atoms with E-state index >= 15 is 0 Å². The van der Waals surface area contributed by atoms with E-state index in [-0.39, 0.29) is 10.8 Å². The standard InChI is InChI=1S/C16H15ClF2N2S/c17-12-8-6-11(7-9-12)3-2-10-20-16(22)21-15-13(18)4-1-5-14(15)19/h1,4-9H,2-3,10H2,(H2,20,21,22). The maximum absolute atomic E-state index is 13.5. The van der Waals surface area contributed by atoms with Gasteiger partial charge in [-0.3, -0.25) is 0 Å². The number of thiocarbonyl (C=S) groups is 1. The zero-order valence-electron chi connectivity index (χ0n) is 11.7. The van der Waals surface area contributed by atoms with E-state index in [9.17, 15) is 8.78 Å². The Morgan fingerprint density at radius 3 is 2.32 bits per heavy atom. The zero-order chi connectivity index (χ0) is 15.9. The van der Waals surface area contributed by atoms with E-state index in [0.717, 1.165) is 12.8 Å². The van der Waals surface area contributed by atoms with Crippen LogP contribution in [0.3, 0.4) is 0 Å². The summed E-state index contributed by atoms with van der Waals surface area (Å²) in [6.45, 7) is 0.602. The second-order valence-corrected chi connectivity index (χ2v) is 5.55. The number of benzene rings is 2. The molecule has 22 heavy (non-hydrogen) atoms. The Morgan fingerprint density at radius 2 is 1.68 bits per heavy atom. The highest BCUT2D eigenvalue weighted by molar-refractivity contribution is 7.80. The lowest BCUT2D eigenvalue weighted by atomic mass is 10.1. The molecule has 0 bridgehead atoms. The molecule has 0 saturated carbocycles. The topological polar surface area (TPSA) is 24.1 Å². The summed E-state index contributed by atoms with van der Waals surface area (Å²) in [6, 6.07) is 11.3. The average molecular weight is 341 g/mol. The third-order valence-corrected chi connectivity index (χ3v) is 3.54. The van der Waals surface area contributed by atoms with Crippen LogP contribution in [0.4, 0.5) is 14.5 Å². The number of nitrogens with one attached hydrogen (secondary N) is 2. The Labute approximate surface area is 138 Å². The lowest BCUT2D eigenvalue weighted by Crippen LogP contribution is -2.30. The summed E-state index contributed by atoms with van der Waals surface area (Å²) in [7, 11) is 0. The first-order chi connectivity index (χ1) is 10.6. The van der Waals surface area contributed by atoms with E-state index in [1.165, 1.54) is 23.8 Å². The van der Waals surface area contributed by atoms with E-state index in [0.29, 0.717) is 11.6 Å². The molecule has 0 aromatic heterocycles. The van der Waals surface area contributed by atoms with Crippen LogP contribution in [0.5, 0.6) is 0 Å². The van der Waals surface area contributed by atoms with Crippen molar-refractivity contribution in [2.45, 2.75) is 12.8 Å². The number of hydrogen-bond acceptors (Lipinski definition) is 1. The van der Waals surface area contributed by atoms with Gasteiger partial charge in [-0.2, -0.15) is 0 Å². The van der Waals surface area contributed by atoms with Gasteiger partial charge >= 0.3 is 0 Å². The van der Waals surface area contributed by atoms with Gasteiger partial charge in [0.15, 0.2) is 5.11 Å². The Morgan fingerprint density at radius 1 is 1.05 bits per heavy atom. The van der Waals surface area contributed by atoms with Crippen LogP contribution in [0.25, 0.3) is 0 Å². The molecular weight excluding hydrogens is 326 g/mol. The summed E-state index contributed by atoms with van der Waals surface area (Å²) in [5.41, 5.74) is 0.933. The normalized spacial score (nSPS) is 10.3. The quantitative estimate of drug-likeness (QED) is 0.617. The van der Waals surface area contributed by atoms with Crippen molar-refractivity contribution >= 4 is 34.6 Å². The fourth-order valence-electron chi connectivity index (χ4n) is 1.92. The van der Waals surface area contributed by atoms with Crippen molar-refractivity contribution < 1.29 is 8.78 Å². The van der Waals surface area contributed by atoms with Crippen molar-refractivity contribution in [2.24, 2.45) is 0 Å². The maximum atomic E-state index is 13.5. The average Bonchev–Trinajstić information content (AvgIpc) is 2.49. The van der Waals surface area contributed by atoms with Gasteiger partial charge in [0.25, 0.3) is 0 Å². The monoisotopic (exact) mass is 340 g/mol. The molecular formula is C16H15ClF2N2S. The Kier molecular flexibility index (Phi) is 6.10. The van der Waals surface area contributed by atoms with Gasteiger partial charge in [-0.1, -0.05) is 29.8 Å². The minimum atomic E-state index is -0.676. The van der Waals surface area contributed by atoms with Crippen molar-refractivity contribution in [1.82, 2.24) is 5.32 Å². The Hall–Kier alpha value is -1.72. The molecule has 0 saturated heterocycles. The summed E-state index contributed by atoms with van der Waals surface area (Å²) >= 11 is 10.8. The van der Waals surface area contributed by atoms with Crippen molar-refractivity contribution in [3.05, 3.63) is 64.7 Å². The molecule has 0 radical (unpaired) electrons. The number of aryl methyl sites for hydroxylation is 1. The highest BCUT2D eigenvalue weighted by Gasteiger charge is 2.09. The van der Waals surface area contributed by atoms with Crippen LogP contribution in [0.15, 0.2) is 42.5 Å². The molecule has 0 aliphatic heterocycles. The molecule has 0 aliphatic carbocycles. The second-order valence-electron chi connectivity index (χ2n) is 4.71. The number of anilines is 1. The van der Waals surface area contributed by atoms with E-state index < -0.39 is 11.6 Å². The smallest absolute Gasteiger partial charge is 0.170 e. The molecule has 116 valence electrons. The maximum Gasteiger partial charge on any atom is 0.170 e. The van der Waals surface area contributed by atoms with E-state index in [4.69, 9.17) is 23.8 Å². The number of hydrogen-bond donors (Lipinski definition) is 2. The predicted octanol–water partition coefficient (Wildman–Crippen LogP) is 4.54. The van der Waals surface area contributed by atoms with E-state index in [1.807, 2.05) is 24.3 Å². The molecule has 2 rings (SSSR count). The van der Waals surface area contributed by atoms with E-state index in [2.05, 4.69) is 10.6 Å².